The Hall–Kier alpha value is -0.900. The summed E-state index contributed by atoms with van der Waals surface area (Å²) in [6, 6.07) is 10.2. The number of likely N-dealkylation sites (tertiary alicyclic amines) is 1. The van der Waals surface area contributed by atoms with E-state index in [0.29, 0.717) is 0 Å². The predicted octanol–water partition coefficient (Wildman–Crippen LogP) is 2.18. The highest BCUT2D eigenvalue weighted by Gasteiger charge is 2.38. The highest BCUT2D eigenvalue weighted by atomic mass is 16.3. The molecule has 0 amide bonds. The third kappa shape index (κ3) is 3.60. The Kier molecular flexibility index (Phi) is 4.84. The van der Waals surface area contributed by atoms with Crippen LogP contribution in [0, 0.1) is 0 Å². The van der Waals surface area contributed by atoms with Gasteiger partial charge in [0.25, 0.3) is 0 Å². The summed E-state index contributed by atoms with van der Waals surface area (Å²) in [6.07, 6.45) is 2.46. The van der Waals surface area contributed by atoms with Crippen molar-refractivity contribution < 1.29 is 5.11 Å². The normalized spacial score (nSPS) is 23.8. The predicted molar refractivity (Wildman–Crippen MR) is 83.6 cm³/mol. The van der Waals surface area contributed by atoms with Crippen LogP contribution in [-0.2, 0) is 6.42 Å². The van der Waals surface area contributed by atoms with Gasteiger partial charge in [0.1, 0.15) is 0 Å². The second-order valence-electron chi connectivity index (χ2n) is 6.92. The van der Waals surface area contributed by atoms with Crippen LogP contribution in [0.5, 0.6) is 0 Å². The van der Waals surface area contributed by atoms with Crippen LogP contribution in [0.4, 0.5) is 0 Å². The van der Waals surface area contributed by atoms with Crippen LogP contribution in [0.2, 0.25) is 0 Å². The quantitative estimate of drug-likeness (QED) is 0.886. The lowest BCUT2D eigenvalue weighted by molar-refractivity contribution is 0.0129. The molecule has 1 aliphatic rings. The molecule has 0 spiro atoms. The van der Waals surface area contributed by atoms with Gasteiger partial charge in [-0.3, -0.25) is 4.90 Å². The maximum Gasteiger partial charge on any atom is 0.0849 e. The molecule has 20 heavy (non-hydrogen) atoms. The van der Waals surface area contributed by atoms with Crippen molar-refractivity contribution >= 4 is 0 Å². The zero-order valence-corrected chi connectivity index (χ0v) is 12.9. The first kappa shape index (κ1) is 15.5. The zero-order valence-electron chi connectivity index (χ0n) is 12.9. The smallest absolute Gasteiger partial charge is 0.0849 e. The fourth-order valence-electron chi connectivity index (χ4n) is 3.27. The Morgan fingerprint density at radius 1 is 1.30 bits per heavy atom. The molecule has 1 heterocycles. The monoisotopic (exact) mass is 276 g/mol. The molecule has 112 valence electrons. The summed E-state index contributed by atoms with van der Waals surface area (Å²) in [4.78, 5) is 2.41. The zero-order chi connectivity index (χ0) is 14.8. The molecular weight excluding hydrogens is 248 g/mol. The average Bonchev–Trinajstić information content (AvgIpc) is 2.88. The maximum atomic E-state index is 10.6. The first-order valence-corrected chi connectivity index (χ1v) is 7.64. The second kappa shape index (κ2) is 6.25. The molecule has 0 aromatic heterocycles. The van der Waals surface area contributed by atoms with Gasteiger partial charge in [0.2, 0.25) is 0 Å². The van der Waals surface area contributed by atoms with Crippen molar-refractivity contribution in [3.05, 3.63) is 35.9 Å². The van der Waals surface area contributed by atoms with Crippen molar-refractivity contribution in [2.75, 3.05) is 6.54 Å². The van der Waals surface area contributed by atoms with E-state index in [1.165, 1.54) is 5.56 Å². The van der Waals surface area contributed by atoms with Crippen LogP contribution in [0.25, 0.3) is 0 Å². The average molecular weight is 276 g/mol. The molecule has 0 bridgehead atoms. The number of nitrogens with two attached hydrogens (primary N) is 1. The first-order chi connectivity index (χ1) is 9.39. The molecule has 1 aromatic carbocycles. The first-order valence-electron chi connectivity index (χ1n) is 7.64. The van der Waals surface area contributed by atoms with Gasteiger partial charge in [-0.05, 0) is 52.1 Å². The van der Waals surface area contributed by atoms with E-state index in [1.807, 2.05) is 18.2 Å². The molecule has 1 aromatic rings. The van der Waals surface area contributed by atoms with Crippen molar-refractivity contribution in [1.82, 2.24) is 4.90 Å². The molecule has 2 rings (SSSR count). The third-order valence-electron chi connectivity index (χ3n) is 4.31. The van der Waals surface area contributed by atoms with E-state index in [9.17, 15) is 5.11 Å². The Morgan fingerprint density at radius 2 is 1.95 bits per heavy atom. The lowest BCUT2D eigenvalue weighted by Crippen LogP contribution is -2.54. The molecule has 3 heteroatoms. The Morgan fingerprint density at radius 3 is 2.55 bits per heavy atom. The van der Waals surface area contributed by atoms with Crippen molar-refractivity contribution in [2.45, 2.75) is 63.8 Å². The summed E-state index contributed by atoms with van der Waals surface area (Å²) in [5, 5.41) is 10.6. The largest absolute Gasteiger partial charge is 0.390 e. The fraction of sp³-hybridized carbons (Fsp3) is 0.647. The summed E-state index contributed by atoms with van der Waals surface area (Å²) in [6.45, 7) is 7.69. The number of aliphatic hydroxyl groups excluding tert-OH is 1. The van der Waals surface area contributed by atoms with E-state index < -0.39 is 6.10 Å². The van der Waals surface area contributed by atoms with Crippen LogP contribution in [0.1, 0.15) is 39.2 Å². The van der Waals surface area contributed by atoms with Crippen LogP contribution in [0.15, 0.2) is 30.3 Å². The lowest BCUT2D eigenvalue weighted by Gasteiger charge is -2.40. The minimum atomic E-state index is -0.461. The van der Waals surface area contributed by atoms with Gasteiger partial charge in [0.05, 0.1) is 6.10 Å². The summed E-state index contributed by atoms with van der Waals surface area (Å²) in [5.41, 5.74) is 7.54. The summed E-state index contributed by atoms with van der Waals surface area (Å²) < 4.78 is 0. The minimum Gasteiger partial charge on any atom is -0.390 e. The van der Waals surface area contributed by atoms with Crippen molar-refractivity contribution in [3.8, 4) is 0 Å². The van der Waals surface area contributed by atoms with Crippen molar-refractivity contribution in [3.63, 3.8) is 0 Å². The molecule has 3 atom stereocenters. The van der Waals surface area contributed by atoms with Crippen molar-refractivity contribution in [1.29, 1.82) is 0 Å². The summed E-state index contributed by atoms with van der Waals surface area (Å²) >= 11 is 0. The van der Waals surface area contributed by atoms with E-state index >= 15 is 0 Å². The highest BCUT2D eigenvalue weighted by Crippen LogP contribution is 2.29. The van der Waals surface area contributed by atoms with E-state index in [0.717, 1.165) is 25.8 Å². The molecule has 1 aliphatic heterocycles. The Bertz CT molecular complexity index is 413. The van der Waals surface area contributed by atoms with Crippen LogP contribution in [-0.4, -0.2) is 40.3 Å². The van der Waals surface area contributed by atoms with Gasteiger partial charge in [-0.15, -0.1) is 0 Å². The number of rotatable bonds is 4. The molecule has 1 saturated heterocycles. The van der Waals surface area contributed by atoms with Crippen LogP contribution in [0.3, 0.4) is 0 Å². The second-order valence-corrected chi connectivity index (χ2v) is 6.92. The van der Waals surface area contributed by atoms with E-state index in [4.69, 9.17) is 5.73 Å². The number of aliphatic hydroxyl groups is 1. The topological polar surface area (TPSA) is 49.5 Å². The summed E-state index contributed by atoms with van der Waals surface area (Å²) in [7, 11) is 0. The third-order valence-corrected chi connectivity index (χ3v) is 4.31. The molecule has 0 saturated carbocycles. The number of hydrogen-bond acceptors (Lipinski definition) is 3. The maximum absolute atomic E-state index is 10.6. The van der Waals surface area contributed by atoms with Crippen LogP contribution < -0.4 is 5.73 Å². The van der Waals surface area contributed by atoms with Gasteiger partial charge >= 0.3 is 0 Å². The van der Waals surface area contributed by atoms with Gasteiger partial charge in [-0.25, -0.2) is 0 Å². The molecule has 1 fully saturated rings. The summed E-state index contributed by atoms with van der Waals surface area (Å²) in [5.74, 6) is 0. The number of benzene rings is 1. The van der Waals surface area contributed by atoms with Crippen molar-refractivity contribution in [2.24, 2.45) is 5.73 Å². The fourth-order valence-corrected chi connectivity index (χ4v) is 3.27. The van der Waals surface area contributed by atoms with E-state index in [-0.39, 0.29) is 17.6 Å². The SMILES string of the molecule is CC(C)(C)N1CCC[C@@H]1[C@@H](O)[C@@H](N)Cc1ccccc1. The van der Waals surface area contributed by atoms with E-state index in [1.54, 1.807) is 0 Å². The standard InChI is InChI=1S/C17H28N2O/c1-17(2,3)19-11-7-10-15(19)16(20)14(18)12-13-8-5-4-6-9-13/h4-6,8-9,14-16,20H,7,10-12,18H2,1-3H3/t14-,15+,16-/m0/s1. The highest BCUT2D eigenvalue weighted by molar-refractivity contribution is 5.16. The van der Waals surface area contributed by atoms with Gasteiger partial charge in [0, 0.05) is 17.6 Å². The molecule has 0 aliphatic carbocycles. The Balaban J connectivity index is 2.01. The molecular formula is C17H28N2O. The van der Waals surface area contributed by atoms with Crippen LogP contribution >= 0.6 is 0 Å². The minimum absolute atomic E-state index is 0.0919. The van der Waals surface area contributed by atoms with E-state index in [2.05, 4.69) is 37.8 Å². The molecule has 3 N–H and O–H groups in total. The molecule has 0 unspecified atom stereocenters. The lowest BCUT2D eigenvalue weighted by atomic mass is 9.93. The van der Waals surface area contributed by atoms with Gasteiger partial charge < -0.3 is 10.8 Å². The number of nitrogens with zero attached hydrogens (tertiary/aromatic N) is 1. The van der Waals surface area contributed by atoms with Gasteiger partial charge in [-0.1, -0.05) is 30.3 Å². The molecule has 3 nitrogen and oxygen atoms in total. The van der Waals surface area contributed by atoms with Gasteiger partial charge in [0.15, 0.2) is 0 Å². The number of hydrogen-bond donors (Lipinski definition) is 2. The Labute approximate surface area is 122 Å². The molecule has 0 radical (unpaired) electrons. The van der Waals surface area contributed by atoms with Gasteiger partial charge in [-0.2, -0.15) is 0 Å².